The Labute approximate surface area is 164 Å². The fraction of sp³-hybridized carbons (Fsp3) is 0.333. The number of carbonyl (C=O) groups is 1. The van der Waals surface area contributed by atoms with Gasteiger partial charge in [0.25, 0.3) is 0 Å². The van der Waals surface area contributed by atoms with Crippen LogP contribution in [-0.4, -0.2) is 50.0 Å². The Morgan fingerprint density at radius 1 is 1.42 bits per heavy atom. The number of phenolic OH excluding ortho intramolecular Hbond substituents is 1. The number of aromatic hydroxyl groups is 1. The van der Waals surface area contributed by atoms with E-state index in [4.69, 9.17) is 9.47 Å². The second-order valence-electron chi connectivity index (χ2n) is 5.97. The van der Waals surface area contributed by atoms with E-state index in [0.29, 0.717) is 21.9 Å². The molecular formula is C18H19BrN2O4S. The summed E-state index contributed by atoms with van der Waals surface area (Å²) in [7, 11) is 4.91. The lowest BCUT2D eigenvalue weighted by atomic mass is 10.0. The number of esters is 1. The number of nitrogens with zero attached hydrogens (tertiary/aromatic N) is 2. The van der Waals surface area contributed by atoms with E-state index in [2.05, 4.69) is 32.9 Å². The summed E-state index contributed by atoms with van der Waals surface area (Å²) >= 11 is 4.87. The molecule has 0 bridgehead atoms. The molecule has 0 fully saturated rings. The lowest BCUT2D eigenvalue weighted by molar-refractivity contribution is 0.0600. The van der Waals surface area contributed by atoms with Gasteiger partial charge in [0.1, 0.15) is 5.00 Å². The Bertz CT molecular complexity index is 879. The molecule has 2 heterocycles. The third kappa shape index (κ3) is 3.62. The molecule has 1 aromatic carbocycles. The number of rotatable bonds is 4. The van der Waals surface area contributed by atoms with Crippen LogP contribution >= 0.6 is 27.3 Å². The summed E-state index contributed by atoms with van der Waals surface area (Å²) < 4.78 is 10.9. The average Bonchev–Trinajstić information content (AvgIpc) is 2.98. The van der Waals surface area contributed by atoms with Crippen LogP contribution in [-0.2, 0) is 17.7 Å². The van der Waals surface area contributed by atoms with Gasteiger partial charge in [-0.2, -0.15) is 0 Å². The normalized spacial score (nSPS) is 14.5. The zero-order chi connectivity index (χ0) is 18.8. The van der Waals surface area contributed by atoms with Crippen LogP contribution in [0.1, 0.15) is 26.4 Å². The first-order chi connectivity index (χ1) is 12.4. The Hall–Kier alpha value is -1.90. The Kier molecular flexibility index (Phi) is 5.64. The summed E-state index contributed by atoms with van der Waals surface area (Å²) in [6.07, 6.45) is 2.33. The number of halogens is 1. The fourth-order valence-electron chi connectivity index (χ4n) is 2.90. The van der Waals surface area contributed by atoms with Crippen molar-refractivity contribution in [1.82, 2.24) is 4.90 Å². The van der Waals surface area contributed by atoms with E-state index < -0.39 is 0 Å². The van der Waals surface area contributed by atoms with Crippen molar-refractivity contribution in [1.29, 1.82) is 0 Å². The maximum absolute atomic E-state index is 12.3. The molecule has 1 aliphatic rings. The summed E-state index contributed by atoms with van der Waals surface area (Å²) in [5.41, 5.74) is 2.04. The minimum atomic E-state index is -0.379. The molecule has 1 aliphatic heterocycles. The average molecular weight is 439 g/mol. The van der Waals surface area contributed by atoms with Crippen LogP contribution in [0.15, 0.2) is 21.6 Å². The van der Waals surface area contributed by atoms with Gasteiger partial charge in [0, 0.05) is 34.2 Å². The molecular weight excluding hydrogens is 420 g/mol. The van der Waals surface area contributed by atoms with Gasteiger partial charge < -0.3 is 19.5 Å². The van der Waals surface area contributed by atoms with E-state index in [1.54, 1.807) is 12.1 Å². The lowest BCUT2D eigenvalue weighted by Gasteiger charge is -2.22. The number of hydrogen-bond donors (Lipinski definition) is 1. The number of hydrogen-bond acceptors (Lipinski definition) is 7. The van der Waals surface area contributed by atoms with E-state index in [1.807, 2.05) is 0 Å². The number of aliphatic imine (C=N–C) groups is 1. The molecule has 2 aromatic rings. The standard InChI is InChI=1S/C18H19BrN2O4S/c1-21-5-4-12-14(9-21)26-17(15(12)18(23)25-3)20-8-10-6-11(19)7-13(24-2)16(10)22/h6-8,22H,4-5,9H2,1-3H3. The SMILES string of the molecule is COC(=O)c1c(N=Cc2cc(Br)cc(OC)c2O)sc2c1CCN(C)C2. The molecule has 8 heteroatoms. The highest BCUT2D eigenvalue weighted by molar-refractivity contribution is 9.10. The third-order valence-electron chi connectivity index (χ3n) is 4.23. The van der Waals surface area contributed by atoms with E-state index >= 15 is 0 Å². The Balaban J connectivity index is 2.04. The van der Waals surface area contributed by atoms with Gasteiger partial charge in [-0.1, -0.05) is 15.9 Å². The minimum Gasteiger partial charge on any atom is -0.504 e. The van der Waals surface area contributed by atoms with Gasteiger partial charge in [-0.3, -0.25) is 0 Å². The van der Waals surface area contributed by atoms with Crippen LogP contribution in [0.4, 0.5) is 5.00 Å². The predicted molar refractivity (Wildman–Crippen MR) is 105 cm³/mol. The summed E-state index contributed by atoms with van der Waals surface area (Å²) in [6.45, 7) is 1.68. The quantitative estimate of drug-likeness (QED) is 0.581. The van der Waals surface area contributed by atoms with Crippen molar-refractivity contribution < 1.29 is 19.4 Å². The van der Waals surface area contributed by atoms with Gasteiger partial charge >= 0.3 is 5.97 Å². The molecule has 26 heavy (non-hydrogen) atoms. The van der Waals surface area contributed by atoms with Gasteiger partial charge in [0.05, 0.1) is 19.8 Å². The molecule has 138 valence electrons. The molecule has 1 aromatic heterocycles. The van der Waals surface area contributed by atoms with Gasteiger partial charge in [-0.05, 0) is 31.2 Å². The van der Waals surface area contributed by atoms with Crippen LogP contribution in [0.2, 0.25) is 0 Å². The van der Waals surface area contributed by atoms with Crippen molar-refractivity contribution in [2.24, 2.45) is 4.99 Å². The number of methoxy groups -OCH3 is 2. The topological polar surface area (TPSA) is 71.4 Å². The zero-order valence-corrected chi connectivity index (χ0v) is 17.1. The van der Waals surface area contributed by atoms with E-state index in [1.165, 1.54) is 31.8 Å². The molecule has 0 atom stereocenters. The van der Waals surface area contributed by atoms with Crippen molar-refractivity contribution in [2.45, 2.75) is 13.0 Å². The van der Waals surface area contributed by atoms with E-state index in [-0.39, 0.29) is 11.7 Å². The monoisotopic (exact) mass is 438 g/mol. The second kappa shape index (κ2) is 7.77. The molecule has 0 saturated carbocycles. The van der Waals surface area contributed by atoms with E-state index in [9.17, 15) is 9.90 Å². The third-order valence-corrected chi connectivity index (χ3v) is 5.81. The maximum atomic E-state index is 12.3. The van der Waals surface area contributed by atoms with Gasteiger partial charge in [-0.15, -0.1) is 11.3 Å². The number of fused-ring (bicyclic) bond motifs is 1. The van der Waals surface area contributed by atoms with Crippen LogP contribution in [0.25, 0.3) is 0 Å². The molecule has 0 amide bonds. The summed E-state index contributed by atoms with van der Waals surface area (Å²) in [5, 5.41) is 10.9. The molecule has 0 aliphatic carbocycles. The number of likely N-dealkylation sites (N-methyl/N-ethyl adjacent to an activating group) is 1. The first-order valence-corrected chi connectivity index (χ1v) is 9.57. The molecule has 6 nitrogen and oxygen atoms in total. The highest BCUT2D eigenvalue weighted by Crippen LogP contribution is 2.40. The van der Waals surface area contributed by atoms with Crippen molar-refractivity contribution in [3.8, 4) is 11.5 Å². The van der Waals surface area contributed by atoms with Gasteiger partial charge in [-0.25, -0.2) is 9.79 Å². The van der Waals surface area contributed by atoms with Crippen molar-refractivity contribution in [2.75, 3.05) is 27.8 Å². The summed E-state index contributed by atoms with van der Waals surface area (Å²) in [4.78, 5) is 20.1. The highest BCUT2D eigenvalue weighted by atomic mass is 79.9. The molecule has 0 radical (unpaired) electrons. The van der Waals surface area contributed by atoms with Crippen molar-refractivity contribution in [3.63, 3.8) is 0 Å². The summed E-state index contributed by atoms with van der Waals surface area (Å²) in [6, 6.07) is 3.41. The largest absolute Gasteiger partial charge is 0.504 e. The zero-order valence-electron chi connectivity index (χ0n) is 14.7. The lowest BCUT2D eigenvalue weighted by Crippen LogP contribution is -2.26. The second-order valence-corrected chi connectivity index (χ2v) is 7.97. The molecule has 0 unspecified atom stereocenters. The Morgan fingerprint density at radius 2 is 2.19 bits per heavy atom. The van der Waals surface area contributed by atoms with Gasteiger partial charge in [0.2, 0.25) is 0 Å². The molecule has 1 N–H and O–H groups in total. The molecule has 0 saturated heterocycles. The first-order valence-electron chi connectivity index (χ1n) is 7.96. The van der Waals surface area contributed by atoms with Gasteiger partial charge in [0.15, 0.2) is 11.5 Å². The first kappa shape index (κ1) is 18.9. The smallest absolute Gasteiger partial charge is 0.341 e. The van der Waals surface area contributed by atoms with Crippen LogP contribution in [0.3, 0.4) is 0 Å². The number of benzene rings is 1. The fourth-order valence-corrected chi connectivity index (χ4v) is 4.61. The number of carbonyl (C=O) groups excluding carboxylic acids is 1. The highest BCUT2D eigenvalue weighted by Gasteiger charge is 2.27. The summed E-state index contributed by atoms with van der Waals surface area (Å²) in [5.74, 6) is -0.0310. The predicted octanol–water partition coefficient (Wildman–Crippen LogP) is 3.75. The van der Waals surface area contributed by atoms with Crippen molar-refractivity contribution >= 4 is 44.5 Å². The van der Waals surface area contributed by atoms with Crippen LogP contribution in [0.5, 0.6) is 11.5 Å². The molecule has 3 rings (SSSR count). The van der Waals surface area contributed by atoms with Crippen LogP contribution in [0, 0.1) is 0 Å². The maximum Gasteiger partial charge on any atom is 0.341 e. The van der Waals surface area contributed by atoms with Crippen molar-refractivity contribution in [3.05, 3.63) is 38.2 Å². The minimum absolute atomic E-state index is 0.000112. The number of ether oxygens (including phenoxy) is 2. The van der Waals surface area contributed by atoms with E-state index in [0.717, 1.165) is 34.4 Å². The Morgan fingerprint density at radius 3 is 2.88 bits per heavy atom. The number of phenols is 1. The molecule has 0 spiro atoms. The van der Waals surface area contributed by atoms with Crippen LogP contribution < -0.4 is 4.74 Å². The number of thiophene rings is 1.